The molecule has 0 saturated carbocycles. The lowest BCUT2D eigenvalue weighted by molar-refractivity contribution is 1.19. The lowest BCUT2D eigenvalue weighted by Crippen LogP contribution is -2.22. The average Bonchev–Trinajstić information content (AvgIpc) is 3.07. The van der Waals surface area contributed by atoms with Gasteiger partial charge >= 0.3 is 0 Å². The van der Waals surface area contributed by atoms with Crippen molar-refractivity contribution in [3.63, 3.8) is 0 Å². The van der Waals surface area contributed by atoms with Crippen LogP contribution >= 0.6 is 11.3 Å². The van der Waals surface area contributed by atoms with E-state index in [1.807, 2.05) is 68.5 Å². The molecule has 4 rings (SSSR count). The Hall–Kier alpha value is -2.72. The molecule has 0 saturated heterocycles. The third kappa shape index (κ3) is 2.45. The third-order valence-electron chi connectivity index (χ3n) is 4.02. The lowest BCUT2D eigenvalue weighted by Gasteiger charge is -1.97. The van der Waals surface area contributed by atoms with Crippen molar-refractivity contribution in [3.8, 4) is 0 Å². The minimum Gasteiger partial charge on any atom is -0.267 e. The molecule has 0 unspecified atom stereocenters. The van der Waals surface area contributed by atoms with Gasteiger partial charge in [-0.1, -0.05) is 59.9 Å². The van der Waals surface area contributed by atoms with Crippen LogP contribution in [0.2, 0.25) is 0 Å². The SMILES string of the molecule is Cc1cc(C)c2nc3s/c(=C\C=C/c4ccccc4)c(=O)n3c2c1. The highest BCUT2D eigenvalue weighted by Crippen LogP contribution is 2.21. The van der Waals surface area contributed by atoms with Gasteiger partial charge in [0.1, 0.15) is 0 Å². The Morgan fingerprint density at radius 2 is 1.92 bits per heavy atom. The first-order valence-electron chi connectivity index (χ1n) is 7.79. The quantitative estimate of drug-likeness (QED) is 0.560. The van der Waals surface area contributed by atoms with Crippen molar-refractivity contribution in [2.45, 2.75) is 13.8 Å². The number of fused-ring (bicyclic) bond motifs is 3. The Bertz CT molecular complexity index is 1180. The van der Waals surface area contributed by atoms with Crippen LogP contribution in [0.15, 0.2) is 53.3 Å². The van der Waals surface area contributed by atoms with Crippen molar-refractivity contribution in [2.75, 3.05) is 0 Å². The van der Waals surface area contributed by atoms with Crippen molar-refractivity contribution in [1.82, 2.24) is 9.38 Å². The first-order valence-corrected chi connectivity index (χ1v) is 8.61. The molecule has 2 aromatic heterocycles. The highest BCUT2D eigenvalue weighted by Gasteiger charge is 2.12. The molecule has 0 N–H and O–H groups in total. The predicted molar refractivity (Wildman–Crippen MR) is 101 cm³/mol. The van der Waals surface area contributed by atoms with Gasteiger partial charge in [-0.05, 0) is 42.7 Å². The van der Waals surface area contributed by atoms with Gasteiger partial charge in [0.2, 0.25) is 0 Å². The summed E-state index contributed by atoms with van der Waals surface area (Å²) in [6.07, 6.45) is 5.78. The fourth-order valence-electron chi connectivity index (χ4n) is 2.94. The average molecular weight is 332 g/mol. The third-order valence-corrected chi connectivity index (χ3v) is 5.00. The van der Waals surface area contributed by atoms with Crippen LogP contribution in [0.1, 0.15) is 16.7 Å². The Labute approximate surface area is 143 Å². The number of aryl methyl sites for hydroxylation is 2. The minimum atomic E-state index is 0.000196. The number of aromatic nitrogens is 2. The number of hydrogen-bond donors (Lipinski definition) is 0. The minimum absolute atomic E-state index is 0.000196. The second-order valence-corrected chi connectivity index (χ2v) is 6.90. The van der Waals surface area contributed by atoms with E-state index in [0.29, 0.717) is 4.53 Å². The fourth-order valence-corrected chi connectivity index (χ4v) is 3.87. The van der Waals surface area contributed by atoms with Gasteiger partial charge in [-0.25, -0.2) is 9.38 Å². The molecular formula is C20H16N2OS. The Morgan fingerprint density at radius 1 is 1.12 bits per heavy atom. The van der Waals surface area contributed by atoms with E-state index in [2.05, 4.69) is 11.1 Å². The summed E-state index contributed by atoms with van der Waals surface area (Å²) in [6.45, 7) is 4.07. The van der Waals surface area contributed by atoms with Crippen molar-refractivity contribution in [3.05, 3.63) is 80.1 Å². The van der Waals surface area contributed by atoms with Crippen LogP contribution in [0.3, 0.4) is 0 Å². The largest absolute Gasteiger partial charge is 0.274 e. The van der Waals surface area contributed by atoms with Gasteiger partial charge in [0.15, 0.2) is 4.96 Å². The van der Waals surface area contributed by atoms with E-state index in [1.165, 1.54) is 11.3 Å². The van der Waals surface area contributed by atoms with Gasteiger partial charge in [0, 0.05) is 0 Å². The molecule has 0 aliphatic rings. The molecule has 3 nitrogen and oxygen atoms in total. The molecule has 0 fully saturated rings. The van der Waals surface area contributed by atoms with Crippen molar-refractivity contribution >= 4 is 39.5 Å². The summed E-state index contributed by atoms with van der Waals surface area (Å²) in [7, 11) is 0. The highest BCUT2D eigenvalue weighted by molar-refractivity contribution is 7.15. The fraction of sp³-hybridized carbons (Fsp3) is 0.100. The standard InChI is InChI=1S/C20H16N2OS/c1-13-11-14(2)18-16(12-13)22-19(23)17(24-20(22)21-18)10-6-9-15-7-4-3-5-8-15/h3-12H,1-2H3/b9-6-,17-10-. The van der Waals surface area contributed by atoms with E-state index in [1.54, 1.807) is 4.40 Å². The first-order chi connectivity index (χ1) is 11.6. The molecule has 0 aliphatic carbocycles. The summed E-state index contributed by atoms with van der Waals surface area (Å²) < 4.78 is 2.42. The molecule has 0 atom stereocenters. The van der Waals surface area contributed by atoms with Crippen molar-refractivity contribution in [1.29, 1.82) is 0 Å². The molecule has 0 spiro atoms. The van der Waals surface area contributed by atoms with E-state index in [4.69, 9.17) is 0 Å². The summed E-state index contributed by atoms with van der Waals surface area (Å²) >= 11 is 1.43. The van der Waals surface area contributed by atoms with Gasteiger partial charge in [0.05, 0.1) is 15.6 Å². The van der Waals surface area contributed by atoms with Gasteiger partial charge in [0.25, 0.3) is 5.56 Å². The van der Waals surface area contributed by atoms with E-state index in [0.717, 1.165) is 32.7 Å². The van der Waals surface area contributed by atoms with E-state index in [9.17, 15) is 4.79 Å². The summed E-state index contributed by atoms with van der Waals surface area (Å²) in [5.74, 6) is 0. The highest BCUT2D eigenvalue weighted by atomic mass is 32.1. The summed E-state index contributed by atoms with van der Waals surface area (Å²) in [5.41, 5.74) is 5.17. The molecule has 2 aromatic carbocycles. The Morgan fingerprint density at radius 3 is 2.71 bits per heavy atom. The predicted octanol–water partition coefficient (Wildman–Crippen LogP) is 3.74. The maximum atomic E-state index is 12.7. The van der Waals surface area contributed by atoms with E-state index >= 15 is 0 Å². The van der Waals surface area contributed by atoms with Crippen molar-refractivity contribution < 1.29 is 0 Å². The smallest absolute Gasteiger partial charge is 0.267 e. The monoisotopic (exact) mass is 332 g/mol. The number of imidazole rings is 1. The van der Waals surface area contributed by atoms with Crippen LogP contribution in [0.25, 0.3) is 28.1 Å². The lowest BCUT2D eigenvalue weighted by atomic mass is 10.1. The van der Waals surface area contributed by atoms with Crippen LogP contribution in [0.4, 0.5) is 0 Å². The number of nitrogens with zero attached hydrogens (tertiary/aromatic N) is 2. The second kappa shape index (κ2) is 5.73. The van der Waals surface area contributed by atoms with E-state index in [-0.39, 0.29) is 5.56 Å². The van der Waals surface area contributed by atoms with Crippen molar-refractivity contribution in [2.24, 2.45) is 0 Å². The number of allylic oxidation sites excluding steroid dienone is 1. The van der Waals surface area contributed by atoms with Gasteiger partial charge in [-0.2, -0.15) is 0 Å². The first kappa shape index (κ1) is 14.8. The van der Waals surface area contributed by atoms with Crippen LogP contribution in [0, 0.1) is 13.8 Å². The second-order valence-electron chi connectivity index (χ2n) is 5.89. The Balaban J connectivity index is 1.86. The normalized spacial score (nSPS) is 12.8. The number of benzene rings is 2. The summed E-state index contributed by atoms with van der Waals surface area (Å²) in [5, 5.41) is 0. The van der Waals surface area contributed by atoms with Gasteiger partial charge in [-0.15, -0.1) is 0 Å². The zero-order chi connectivity index (χ0) is 16.7. The molecule has 24 heavy (non-hydrogen) atoms. The van der Waals surface area contributed by atoms with Crippen LogP contribution in [0.5, 0.6) is 0 Å². The molecule has 4 heteroatoms. The molecular weight excluding hydrogens is 316 g/mol. The van der Waals surface area contributed by atoms with Crippen LogP contribution in [-0.4, -0.2) is 9.38 Å². The van der Waals surface area contributed by atoms with Gasteiger partial charge < -0.3 is 0 Å². The van der Waals surface area contributed by atoms with E-state index < -0.39 is 0 Å². The molecule has 2 heterocycles. The number of hydrogen-bond acceptors (Lipinski definition) is 3. The molecule has 118 valence electrons. The number of thiazole rings is 1. The zero-order valence-corrected chi connectivity index (χ0v) is 14.3. The zero-order valence-electron chi connectivity index (χ0n) is 13.5. The molecule has 0 bridgehead atoms. The molecule has 0 aliphatic heterocycles. The van der Waals surface area contributed by atoms with Crippen LogP contribution < -0.4 is 10.1 Å². The molecule has 0 radical (unpaired) electrons. The summed E-state index contributed by atoms with van der Waals surface area (Å²) in [6, 6.07) is 14.2. The van der Waals surface area contributed by atoms with Gasteiger partial charge in [-0.3, -0.25) is 4.79 Å². The maximum absolute atomic E-state index is 12.7. The molecule has 4 aromatic rings. The topological polar surface area (TPSA) is 34.4 Å². The number of rotatable bonds is 2. The van der Waals surface area contributed by atoms with Crippen LogP contribution in [-0.2, 0) is 0 Å². The Kier molecular flexibility index (Phi) is 3.54. The molecule has 0 amide bonds. The maximum Gasteiger partial charge on any atom is 0.274 e. The summed E-state index contributed by atoms with van der Waals surface area (Å²) in [4.78, 5) is 18.1.